The summed E-state index contributed by atoms with van der Waals surface area (Å²) in [5.74, 6) is 1.63. The molecule has 0 saturated heterocycles. The van der Waals surface area contributed by atoms with Crippen molar-refractivity contribution in [2.45, 2.75) is 58.3 Å². The molecule has 0 heterocycles. The van der Waals surface area contributed by atoms with Crippen LogP contribution in [0, 0.1) is 16.7 Å². The van der Waals surface area contributed by atoms with Crippen LogP contribution in [0.5, 0.6) is 5.75 Å². The third-order valence-corrected chi connectivity index (χ3v) is 7.27. The fraction of sp³-hybridized carbons (Fsp3) is 0.545. The Morgan fingerprint density at radius 2 is 2.08 bits per heavy atom. The van der Waals surface area contributed by atoms with Gasteiger partial charge in [-0.15, -0.1) is 6.58 Å². The van der Waals surface area contributed by atoms with Crippen molar-refractivity contribution in [1.29, 1.82) is 0 Å². The first-order valence-corrected chi connectivity index (χ1v) is 9.39. The molecule has 25 heavy (non-hydrogen) atoms. The van der Waals surface area contributed by atoms with Gasteiger partial charge in [0.15, 0.2) is 0 Å². The van der Waals surface area contributed by atoms with Gasteiger partial charge in [0.25, 0.3) is 0 Å². The van der Waals surface area contributed by atoms with E-state index in [0.29, 0.717) is 23.4 Å². The van der Waals surface area contributed by atoms with Gasteiger partial charge in [-0.05, 0) is 72.6 Å². The molecule has 4 rings (SSSR count). The first-order chi connectivity index (χ1) is 11.9. The summed E-state index contributed by atoms with van der Waals surface area (Å²) in [5.41, 5.74) is 2.51. The number of allylic oxidation sites excluding steroid dienone is 1. The van der Waals surface area contributed by atoms with Gasteiger partial charge in [0.05, 0.1) is 0 Å². The highest BCUT2D eigenvalue weighted by Gasteiger charge is 2.60. The molecule has 1 aromatic rings. The number of hydrogen-bond acceptors (Lipinski definition) is 3. The first kappa shape index (κ1) is 16.6. The van der Waals surface area contributed by atoms with E-state index in [9.17, 15) is 9.59 Å². The molecular formula is C22H26O3. The summed E-state index contributed by atoms with van der Waals surface area (Å²) >= 11 is 0. The van der Waals surface area contributed by atoms with Crippen molar-refractivity contribution < 1.29 is 14.3 Å². The summed E-state index contributed by atoms with van der Waals surface area (Å²) in [5, 5.41) is 0. The lowest BCUT2D eigenvalue weighted by Crippen LogP contribution is -2.49. The normalized spacial score (nSPS) is 36.2. The quantitative estimate of drug-likeness (QED) is 0.450. The second kappa shape index (κ2) is 5.55. The first-order valence-electron chi connectivity index (χ1n) is 9.39. The Hall–Kier alpha value is -1.90. The number of hydrogen-bond donors (Lipinski definition) is 0. The fourth-order valence-corrected chi connectivity index (χ4v) is 6.10. The van der Waals surface area contributed by atoms with Gasteiger partial charge in [0.1, 0.15) is 11.5 Å². The Labute approximate surface area is 149 Å². The number of Topliss-reactive ketones (excluding diaryl/α,β-unsaturated/α-hetero) is 1. The predicted molar refractivity (Wildman–Crippen MR) is 96.5 cm³/mol. The van der Waals surface area contributed by atoms with Crippen molar-refractivity contribution in [2.24, 2.45) is 16.7 Å². The second-order valence-corrected chi connectivity index (χ2v) is 8.29. The third kappa shape index (κ3) is 2.24. The van der Waals surface area contributed by atoms with Crippen molar-refractivity contribution >= 4 is 11.8 Å². The van der Waals surface area contributed by atoms with Crippen LogP contribution in [0.3, 0.4) is 0 Å². The monoisotopic (exact) mass is 338 g/mol. The number of aryl methyl sites for hydroxylation is 1. The maximum absolute atomic E-state index is 12.6. The van der Waals surface area contributed by atoms with Crippen LogP contribution in [0.25, 0.3) is 0 Å². The van der Waals surface area contributed by atoms with E-state index >= 15 is 0 Å². The van der Waals surface area contributed by atoms with E-state index < -0.39 is 0 Å². The molecule has 0 aromatic heterocycles. The molecule has 3 aliphatic carbocycles. The summed E-state index contributed by atoms with van der Waals surface area (Å²) in [4.78, 5) is 23.8. The molecule has 3 heteroatoms. The van der Waals surface area contributed by atoms with Gasteiger partial charge < -0.3 is 4.74 Å². The molecule has 1 aromatic carbocycles. The summed E-state index contributed by atoms with van der Waals surface area (Å²) < 4.78 is 5.26. The molecule has 0 bridgehead atoms. The van der Waals surface area contributed by atoms with Crippen LogP contribution in [0.2, 0.25) is 0 Å². The van der Waals surface area contributed by atoms with Gasteiger partial charge >= 0.3 is 5.97 Å². The minimum Gasteiger partial charge on any atom is -0.427 e. The highest BCUT2D eigenvalue weighted by Crippen LogP contribution is 2.66. The Balaban J connectivity index is 1.75. The molecule has 0 spiro atoms. The van der Waals surface area contributed by atoms with Crippen molar-refractivity contribution in [3.05, 3.63) is 42.0 Å². The standard InChI is InChI=1S/C22H26O3/c1-4-22-12-9-15-13-16(25-14(2)23)5-6-17(15)18(22)10-11-21(3)19(22)7-8-20(21)24/h4-6,13,18-19H,1,7-12H2,2-3H3/t18-,19-,21+,22-/m1/s1. The molecule has 2 fully saturated rings. The zero-order chi connectivity index (χ0) is 17.8. The molecule has 0 aliphatic heterocycles. The van der Waals surface area contributed by atoms with Crippen molar-refractivity contribution in [3.8, 4) is 5.75 Å². The lowest BCUT2D eigenvalue weighted by Gasteiger charge is -2.56. The Kier molecular flexibility index (Phi) is 3.68. The number of ketones is 1. The van der Waals surface area contributed by atoms with Gasteiger partial charge in [-0.3, -0.25) is 9.59 Å². The van der Waals surface area contributed by atoms with E-state index in [1.807, 2.05) is 12.1 Å². The number of carbonyl (C=O) groups excluding carboxylic acids is 2. The van der Waals surface area contributed by atoms with Crippen LogP contribution in [0.1, 0.15) is 63.0 Å². The van der Waals surface area contributed by atoms with Crippen molar-refractivity contribution in [2.75, 3.05) is 0 Å². The molecule has 0 unspecified atom stereocenters. The topological polar surface area (TPSA) is 43.4 Å². The summed E-state index contributed by atoms with van der Waals surface area (Å²) in [6, 6.07) is 6.07. The number of rotatable bonds is 2. The fourth-order valence-electron chi connectivity index (χ4n) is 6.10. The van der Waals surface area contributed by atoms with Gasteiger partial charge in [-0.2, -0.15) is 0 Å². The summed E-state index contributed by atoms with van der Waals surface area (Å²) in [7, 11) is 0. The van der Waals surface area contributed by atoms with Crippen LogP contribution in [-0.2, 0) is 16.0 Å². The minimum absolute atomic E-state index is 0.0229. The number of ether oxygens (including phenoxy) is 1. The highest BCUT2D eigenvalue weighted by molar-refractivity contribution is 5.87. The van der Waals surface area contributed by atoms with E-state index in [2.05, 4.69) is 25.6 Å². The van der Waals surface area contributed by atoms with Crippen LogP contribution >= 0.6 is 0 Å². The molecule has 0 radical (unpaired) electrons. The van der Waals surface area contributed by atoms with Crippen LogP contribution in [-0.4, -0.2) is 11.8 Å². The molecule has 132 valence electrons. The summed E-state index contributed by atoms with van der Waals surface area (Å²) in [6.07, 6.45) is 7.88. The van der Waals surface area contributed by atoms with Gasteiger partial charge in [0.2, 0.25) is 0 Å². The Morgan fingerprint density at radius 3 is 2.80 bits per heavy atom. The van der Waals surface area contributed by atoms with E-state index in [4.69, 9.17) is 4.74 Å². The minimum atomic E-state index is -0.283. The van der Waals surface area contributed by atoms with Crippen LogP contribution in [0.4, 0.5) is 0 Å². The van der Waals surface area contributed by atoms with E-state index in [1.165, 1.54) is 18.1 Å². The lowest BCUT2D eigenvalue weighted by atomic mass is 9.47. The number of benzene rings is 1. The smallest absolute Gasteiger partial charge is 0.308 e. The SMILES string of the molecule is C=C[C@@]12CCc3cc(OC(C)=O)ccc3[C@H]1CC[C@]1(C)C(=O)CC[C@@H]21. The average Bonchev–Trinajstić information content (AvgIpc) is 2.89. The number of esters is 1. The maximum atomic E-state index is 12.6. The number of fused-ring (bicyclic) bond motifs is 5. The average molecular weight is 338 g/mol. The predicted octanol–water partition coefficient (Wildman–Crippen LogP) is 4.59. The zero-order valence-corrected chi connectivity index (χ0v) is 15.1. The molecule has 0 N–H and O–H groups in total. The molecular weight excluding hydrogens is 312 g/mol. The molecule has 2 saturated carbocycles. The van der Waals surface area contributed by atoms with Gasteiger partial charge in [0, 0.05) is 18.8 Å². The van der Waals surface area contributed by atoms with E-state index in [-0.39, 0.29) is 16.8 Å². The van der Waals surface area contributed by atoms with Crippen molar-refractivity contribution in [3.63, 3.8) is 0 Å². The van der Waals surface area contributed by atoms with Crippen LogP contribution < -0.4 is 4.74 Å². The second-order valence-electron chi connectivity index (χ2n) is 8.29. The summed E-state index contributed by atoms with van der Waals surface area (Å²) in [6.45, 7) is 7.85. The molecule has 3 nitrogen and oxygen atoms in total. The lowest BCUT2D eigenvalue weighted by molar-refractivity contribution is -0.132. The maximum Gasteiger partial charge on any atom is 0.308 e. The van der Waals surface area contributed by atoms with Gasteiger partial charge in [-0.1, -0.05) is 19.1 Å². The van der Waals surface area contributed by atoms with E-state index in [0.717, 1.165) is 38.5 Å². The largest absolute Gasteiger partial charge is 0.427 e. The zero-order valence-electron chi connectivity index (χ0n) is 15.1. The van der Waals surface area contributed by atoms with Crippen LogP contribution in [0.15, 0.2) is 30.9 Å². The molecule has 4 atom stereocenters. The Morgan fingerprint density at radius 1 is 1.28 bits per heavy atom. The van der Waals surface area contributed by atoms with Gasteiger partial charge in [-0.25, -0.2) is 0 Å². The highest BCUT2D eigenvalue weighted by atomic mass is 16.5. The van der Waals surface area contributed by atoms with E-state index in [1.54, 1.807) is 0 Å². The Bertz CT molecular complexity index is 765. The van der Waals surface area contributed by atoms with Crippen molar-refractivity contribution in [1.82, 2.24) is 0 Å². The number of carbonyl (C=O) groups is 2. The molecule has 0 amide bonds. The molecule has 3 aliphatic rings. The third-order valence-electron chi connectivity index (χ3n) is 7.27.